The molecule has 0 aliphatic heterocycles. The molecule has 15 heavy (non-hydrogen) atoms. The Kier molecular flexibility index (Phi) is 1.88. The third kappa shape index (κ3) is 1.37. The molecule has 1 aliphatic rings. The van der Waals surface area contributed by atoms with Crippen molar-refractivity contribution in [3.05, 3.63) is 46.3 Å². The quantitative estimate of drug-likeness (QED) is 0.662. The number of benzene rings is 1. The van der Waals surface area contributed by atoms with E-state index in [0.717, 1.165) is 23.8 Å². The van der Waals surface area contributed by atoms with E-state index in [2.05, 4.69) is 0 Å². The van der Waals surface area contributed by atoms with E-state index < -0.39 is 0 Å². The molecule has 0 radical (unpaired) electrons. The molecule has 0 bridgehead atoms. The molecule has 1 fully saturated rings. The number of hydrogen-bond donors (Lipinski definition) is 0. The molecule has 2 heteroatoms. The van der Waals surface area contributed by atoms with Gasteiger partial charge in [-0.25, -0.2) is 4.79 Å². The molecule has 2 aromatic rings. The Hall–Kier alpha value is -1.57. The van der Waals surface area contributed by atoms with E-state index in [1.54, 1.807) is 0 Å². The summed E-state index contributed by atoms with van der Waals surface area (Å²) in [4.78, 5) is 11.7. The number of para-hydroxylation sites is 1. The van der Waals surface area contributed by atoms with Gasteiger partial charge in [0.2, 0.25) is 0 Å². The molecule has 0 unspecified atom stereocenters. The molecule has 0 spiro atoms. The fourth-order valence-corrected chi connectivity index (χ4v) is 2.08. The van der Waals surface area contributed by atoms with Gasteiger partial charge in [-0.2, -0.15) is 0 Å². The Morgan fingerprint density at radius 2 is 2.00 bits per heavy atom. The van der Waals surface area contributed by atoms with Gasteiger partial charge >= 0.3 is 5.63 Å². The summed E-state index contributed by atoms with van der Waals surface area (Å²) in [6, 6.07) is 9.66. The standard InChI is InChI=1S/C13H12O2/c14-13-11(9-5-3-6-9)8-10-4-1-2-7-12(10)15-13/h1-2,4,7-9H,3,5-6H2. The lowest BCUT2D eigenvalue weighted by atomic mass is 9.80. The summed E-state index contributed by atoms with van der Waals surface area (Å²) in [6.45, 7) is 0. The SMILES string of the molecule is O=c1oc2ccccc2cc1C1CCC1. The van der Waals surface area contributed by atoms with Crippen molar-refractivity contribution in [1.82, 2.24) is 0 Å². The van der Waals surface area contributed by atoms with Gasteiger partial charge in [-0.1, -0.05) is 24.6 Å². The molecule has 1 heterocycles. The molecule has 0 amide bonds. The highest BCUT2D eigenvalue weighted by Crippen LogP contribution is 2.35. The second kappa shape index (κ2) is 3.23. The maximum absolute atomic E-state index is 11.7. The van der Waals surface area contributed by atoms with E-state index in [9.17, 15) is 4.79 Å². The van der Waals surface area contributed by atoms with Crippen molar-refractivity contribution in [2.45, 2.75) is 25.2 Å². The zero-order chi connectivity index (χ0) is 10.3. The van der Waals surface area contributed by atoms with Crippen molar-refractivity contribution in [2.24, 2.45) is 0 Å². The topological polar surface area (TPSA) is 30.2 Å². The highest BCUT2D eigenvalue weighted by Gasteiger charge is 2.23. The number of rotatable bonds is 1. The van der Waals surface area contributed by atoms with E-state index >= 15 is 0 Å². The highest BCUT2D eigenvalue weighted by molar-refractivity contribution is 5.76. The Morgan fingerprint density at radius 3 is 2.73 bits per heavy atom. The van der Waals surface area contributed by atoms with Crippen LogP contribution in [0.4, 0.5) is 0 Å². The number of hydrogen-bond acceptors (Lipinski definition) is 2. The first-order valence-electron chi connectivity index (χ1n) is 5.37. The Balaban J connectivity index is 2.22. The van der Waals surface area contributed by atoms with Crippen LogP contribution in [0.3, 0.4) is 0 Å². The van der Waals surface area contributed by atoms with Crippen LogP contribution in [0.25, 0.3) is 11.0 Å². The van der Waals surface area contributed by atoms with Gasteiger partial charge in [-0.3, -0.25) is 0 Å². The van der Waals surface area contributed by atoms with E-state index in [-0.39, 0.29) is 5.63 Å². The Bertz CT molecular complexity index is 550. The van der Waals surface area contributed by atoms with Crippen LogP contribution >= 0.6 is 0 Å². The van der Waals surface area contributed by atoms with Crippen molar-refractivity contribution < 1.29 is 4.42 Å². The van der Waals surface area contributed by atoms with Gasteiger partial charge in [-0.05, 0) is 30.9 Å². The minimum Gasteiger partial charge on any atom is -0.423 e. The second-order valence-electron chi connectivity index (χ2n) is 4.15. The summed E-state index contributed by atoms with van der Waals surface area (Å²) in [5.41, 5.74) is 1.39. The summed E-state index contributed by atoms with van der Waals surface area (Å²) < 4.78 is 5.29. The molecular formula is C13H12O2. The first kappa shape index (κ1) is 8.72. The van der Waals surface area contributed by atoms with Crippen molar-refractivity contribution in [2.75, 3.05) is 0 Å². The molecule has 2 nitrogen and oxygen atoms in total. The molecule has 76 valence electrons. The third-order valence-corrected chi connectivity index (χ3v) is 3.21. The van der Waals surface area contributed by atoms with E-state index in [0.29, 0.717) is 11.5 Å². The predicted octanol–water partition coefficient (Wildman–Crippen LogP) is 3.06. The van der Waals surface area contributed by atoms with Gasteiger partial charge in [0.25, 0.3) is 0 Å². The molecule has 3 rings (SSSR count). The Morgan fingerprint density at radius 1 is 1.20 bits per heavy atom. The molecule has 1 aromatic carbocycles. The first-order chi connectivity index (χ1) is 7.34. The lowest BCUT2D eigenvalue weighted by Crippen LogP contribution is -2.17. The van der Waals surface area contributed by atoms with E-state index in [1.165, 1.54) is 6.42 Å². The summed E-state index contributed by atoms with van der Waals surface area (Å²) in [6.07, 6.45) is 3.49. The normalized spacial score (nSPS) is 16.5. The molecular weight excluding hydrogens is 188 g/mol. The number of fused-ring (bicyclic) bond motifs is 1. The summed E-state index contributed by atoms with van der Waals surface area (Å²) in [5.74, 6) is 0.436. The lowest BCUT2D eigenvalue weighted by Gasteiger charge is -2.24. The summed E-state index contributed by atoms with van der Waals surface area (Å²) in [5, 5.41) is 1.03. The summed E-state index contributed by atoms with van der Waals surface area (Å²) >= 11 is 0. The average molecular weight is 200 g/mol. The maximum Gasteiger partial charge on any atom is 0.339 e. The molecule has 0 saturated heterocycles. The molecule has 0 atom stereocenters. The molecule has 0 N–H and O–H groups in total. The van der Waals surface area contributed by atoms with Gasteiger partial charge in [0.1, 0.15) is 5.58 Å². The van der Waals surface area contributed by atoms with Gasteiger partial charge in [0, 0.05) is 10.9 Å². The van der Waals surface area contributed by atoms with Crippen LogP contribution in [0.15, 0.2) is 39.5 Å². The lowest BCUT2D eigenvalue weighted by molar-refractivity contribution is 0.403. The van der Waals surface area contributed by atoms with Crippen LogP contribution in [-0.2, 0) is 0 Å². The van der Waals surface area contributed by atoms with Crippen molar-refractivity contribution in [3.63, 3.8) is 0 Å². The van der Waals surface area contributed by atoms with Crippen LogP contribution in [0.5, 0.6) is 0 Å². The molecule has 1 aliphatic carbocycles. The second-order valence-corrected chi connectivity index (χ2v) is 4.15. The van der Waals surface area contributed by atoms with Crippen molar-refractivity contribution >= 4 is 11.0 Å². The van der Waals surface area contributed by atoms with Gasteiger partial charge in [0.05, 0.1) is 0 Å². The van der Waals surface area contributed by atoms with Crippen molar-refractivity contribution in [3.8, 4) is 0 Å². The zero-order valence-corrected chi connectivity index (χ0v) is 8.40. The van der Waals surface area contributed by atoms with Crippen LogP contribution in [-0.4, -0.2) is 0 Å². The van der Waals surface area contributed by atoms with E-state index in [4.69, 9.17) is 4.42 Å². The van der Waals surface area contributed by atoms with Crippen molar-refractivity contribution in [1.29, 1.82) is 0 Å². The average Bonchev–Trinajstić information content (AvgIpc) is 2.16. The molecule has 1 saturated carbocycles. The smallest absolute Gasteiger partial charge is 0.339 e. The first-order valence-corrected chi connectivity index (χ1v) is 5.37. The predicted molar refractivity (Wildman–Crippen MR) is 59.1 cm³/mol. The van der Waals surface area contributed by atoms with Crippen LogP contribution < -0.4 is 5.63 Å². The van der Waals surface area contributed by atoms with Crippen LogP contribution in [0, 0.1) is 0 Å². The van der Waals surface area contributed by atoms with Crippen LogP contribution in [0.2, 0.25) is 0 Å². The largest absolute Gasteiger partial charge is 0.423 e. The fraction of sp³-hybridized carbons (Fsp3) is 0.308. The van der Waals surface area contributed by atoms with Gasteiger partial charge < -0.3 is 4.42 Å². The fourth-order valence-electron chi connectivity index (χ4n) is 2.08. The summed E-state index contributed by atoms with van der Waals surface area (Å²) in [7, 11) is 0. The molecule has 1 aromatic heterocycles. The van der Waals surface area contributed by atoms with Gasteiger partial charge in [-0.15, -0.1) is 0 Å². The highest BCUT2D eigenvalue weighted by atomic mass is 16.4. The third-order valence-electron chi connectivity index (χ3n) is 3.21. The monoisotopic (exact) mass is 200 g/mol. The minimum absolute atomic E-state index is 0.154. The maximum atomic E-state index is 11.7. The van der Waals surface area contributed by atoms with Gasteiger partial charge in [0.15, 0.2) is 0 Å². The zero-order valence-electron chi connectivity index (χ0n) is 8.40. The minimum atomic E-state index is -0.154. The van der Waals surface area contributed by atoms with E-state index in [1.807, 2.05) is 30.3 Å². The van der Waals surface area contributed by atoms with Crippen LogP contribution in [0.1, 0.15) is 30.7 Å². The Labute approximate surface area is 87.5 Å².